The molecule has 1 atom stereocenters. The molecule has 1 aliphatic rings. The summed E-state index contributed by atoms with van der Waals surface area (Å²) in [6.07, 6.45) is 3.90. The van der Waals surface area contributed by atoms with Crippen LogP contribution in [0, 0.1) is 6.92 Å². The van der Waals surface area contributed by atoms with Crippen molar-refractivity contribution in [3.63, 3.8) is 0 Å². The van der Waals surface area contributed by atoms with Gasteiger partial charge in [0, 0.05) is 17.8 Å². The maximum atomic E-state index is 13.0. The average molecular weight is 376 g/mol. The number of amides is 2. The predicted octanol–water partition coefficient (Wildman–Crippen LogP) is 5.19. The van der Waals surface area contributed by atoms with Gasteiger partial charge in [0.05, 0.1) is 0 Å². The van der Waals surface area contributed by atoms with Gasteiger partial charge in [-0.05, 0) is 37.5 Å². The Labute approximate surface area is 164 Å². The van der Waals surface area contributed by atoms with Gasteiger partial charge in [0.25, 0.3) is 0 Å². The van der Waals surface area contributed by atoms with Crippen LogP contribution in [0.25, 0.3) is 11.4 Å². The Morgan fingerprint density at radius 3 is 2.79 bits per heavy atom. The molecule has 0 spiro atoms. The molecule has 0 saturated carbocycles. The highest BCUT2D eigenvalue weighted by Crippen LogP contribution is 2.31. The predicted molar refractivity (Wildman–Crippen MR) is 108 cm³/mol. The summed E-state index contributed by atoms with van der Waals surface area (Å²) >= 11 is 0. The van der Waals surface area contributed by atoms with Crippen molar-refractivity contribution >= 4 is 11.7 Å². The third-order valence-electron chi connectivity index (χ3n) is 5.04. The molecule has 1 saturated heterocycles. The minimum absolute atomic E-state index is 0.128. The van der Waals surface area contributed by atoms with Crippen molar-refractivity contribution in [1.82, 2.24) is 15.0 Å². The molecule has 3 aromatic rings. The van der Waals surface area contributed by atoms with E-state index in [1.54, 1.807) is 0 Å². The smallest absolute Gasteiger partial charge is 0.322 e. The second-order valence-corrected chi connectivity index (χ2v) is 7.18. The van der Waals surface area contributed by atoms with E-state index in [4.69, 9.17) is 4.52 Å². The molecule has 1 aliphatic heterocycles. The second-order valence-electron chi connectivity index (χ2n) is 7.18. The van der Waals surface area contributed by atoms with Crippen molar-refractivity contribution in [1.29, 1.82) is 0 Å². The van der Waals surface area contributed by atoms with Crippen LogP contribution in [0.1, 0.15) is 43.2 Å². The standard InChI is InChI=1S/C22H24N4O2/c1-16-9-8-12-18(15-16)23-22(27)26-14-7-3-6-13-19(26)21-24-20(25-28-21)17-10-4-2-5-11-17/h2,4-5,8-12,15,19H,3,6-7,13-14H2,1H3,(H,23,27). The number of urea groups is 1. The molecule has 1 unspecified atom stereocenters. The summed E-state index contributed by atoms with van der Waals surface area (Å²) in [6, 6.07) is 17.2. The Morgan fingerprint density at radius 2 is 1.96 bits per heavy atom. The number of rotatable bonds is 3. The zero-order chi connectivity index (χ0) is 19.3. The maximum absolute atomic E-state index is 13.0. The number of hydrogen-bond acceptors (Lipinski definition) is 4. The summed E-state index contributed by atoms with van der Waals surface area (Å²) in [5, 5.41) is 7.15. The number of hydrogen-bond donors (Lipinski definition) is 1. The Morgan fingerprint density at radius 1 is 1.11 bits per heavy atom. The van der Waals surface area contributed by atoms with Gasteiger partial charge >= 0.3 is 6.03 Å². The van der Waals surface area contributed by atoms with Crippen molar-refractivity contribution in [3.05, 3.63) is 66.1 Å². The van der Waals surface area contributed by atoms with Crippen LogP contribution in [-0.4, -0.2) is 27.6 Å². The van der Waals surface area contributed by atoms with Gasteiger partial charge in [-0.25, -0.2) is 4.79 Å². The zero-order valence-corrected chi connectivity index (χ0v) is 16.0. The Kier molecular flexibility index (Phi) is 5.37. The number of likely N-dealkylation sites (tertiary alicyclic amines) is 1. The first-order valence-corrected chi connectivity index (χ1v) is 9.74. The van der Waals surface area contributed by atoms with E-state index in [2.05, 4.69) is 15.5 Å². The number of benzene rings is 2. The molecule has 0 aliphatic carbocycles. The minimum atomic E-state index is -0.211. The number of carbonyl (C=O) groups excluding carboxylic acids is 1. The molecular formula is C22H24N4O2. The monoisotopic (exact) mass is 376 g/mol. The van der Waals surface area contributed by atoms with Gasteiger partial charge in [0.15, 0.2) is 0 Å². The zero-order valence-electron chi connectivity index (χ0n) is 16.0. The molecule has 4 rings (SSSR count). The second kappa shape index (κ2) is 8.25. The van der Waals surface area contributed by atoms with Gasteiger partial charge in [0.2, 0.25) is 11.7 Å². The number of aromatic nitrogens is 2. The van der Waals surface area contributed by atoms with Gasteiger partial charge in [-0.2, -0.15) is 4.98 Å². The molecule has 1 fully saturated rings. The average Bonchev–Trinajstić information content (AvgIpc) is 3.06. The van der Waals surface area contributed by atoms with Crippen molar-refractivity contribution in [3.8, 4) is 11.4 Å². The Balaban J connectivity index is 1.57. The lowest BCUT2D eigenvalue weighted by Crippen LogP contribution is -2.38. The van der Waals surface area contributed by atoms with Crippen LogP contribution >= 0.6 is 0 Å². The first-order chi connectivity index (χ1) is 13.7. The highest BCUT2D eigenvalue weighted by Gasteiger charge is 2.31. The van der Waals surface area contributed by atoms with Crippen molar-refractivity contribution < 1.29 is 9.32 Å². The third kappa shape index (κ3) is 4.06. The summed E-state index contributed by atoms with van der Waals surface area (Å²) in [7, 11) is 0. The first-order valence-electron chi connectivity index (χ1n) is 9.74. The molecule has 6 heteroatoms. The van der Waals surface area contributed by atoms with Gasteiger partial charge < -0.3 is 14.7 Å². The van der Waals surface area contributed by atoms with Crippen LogP contribution in [0.3, 0.4) is 0 Å². The normalized spacial score (nSPS) is 17.2. The van der Waals surface area contributed by atoms with Crippen LogP contribution in [0.15, 0.2) is 59.1 Å². The fourth-order valence-electron chi connectivity index (χ4n) is 3.60. The van der Waals surface area contributed by atoms with Crippen molar-refractivity contribution in [2.75, 3.05) is 11.9 Å². The number of aryl methyl sites for hydroxylation is 1. The lowest BCUT2D eigenvalue weighted by atomic mass is 10.1. The Hall–Kier alpha value is -3.15. The van der Waals surface area contributed by atoms with Gasteiger partial charge in [0.1, 0.15) is 6.04 Å². The SMILES string of the molecule is Cc1cccc(NC(=O)N2CCCCCC2c2nc(-c3ccccc3)no2)c1. The summed E-state index contributed by atoms with van der Waals surface area (Å²) < 4.78 is 5.58. The fraction of sp³-hybridized carbons (Fsp3) is 0.318. The molecule has 0 bridgehead atoms. The van der Waals surface area contributed by atoms with Crippen LogP contribution in [0.5, 0.6) is 0 Å². The summed E-state index contributed by atoms with van der Waals surface area (Å²) in [5.74, 6) is 1.05. The summed E-state index contributed by atoms with van der Waals surface area (Å²) in [5.41, 5.74) is 2.81. The van der Waals surface area contributed by atoms with E-state index in [1.807, 2.05) is 66.4 Å². The van der Waals surface area contributed by atoms with E-state index in [0.717, 1.165) is 42.5 Å². The lowest BCUT2D eigenvalue weighted by molar-refractivity contribution is 0.171. The van der Waals surface area contributed by atoms with Crippen LogP contribution in [0.2, 0.25) is 0 Å². The van der Waals surface area contributed by atoms with Crippen molar-refractivity contribution in [2.24, 2.45) is 0 Å². The third-order valence-corrected chi connectivity index (χ3v) is 5.04. The summed E-state index contributed by atoms with van der Waals surface area (Å²) in [4.78, 5) is 19.4. The molecule has 0 radical (unpaired) electrons. The quantitative estimate of drug-likeness (QED) is 0.682. The minimum Gasteiger partial charge on any atom is -0.337 e. The molecule has 1 N–H and O–H groups in total. The van der Waals surface area contributed by atoms with E-state index in [9.17, 15) is 4.79 Å². The molecule has 2 amide bonds. The van der Waals surface area contributed by atoms with E-state index >= 15 is 0 Å². The fourth-order valence-corrected chi connectivity index (χ4v) is 3.60. The molecule has 144 valence electrons. The van der Waals surface area contributed by atoms with E-state index < -0.39 is 0 Å². The number of carbonyl (C=O) groups is 1. The number of nitrogens with zero attached hydrogens (tertiary/aromatic N) is 3. The number of anilines is 1. The molecule has 2 aromatic carbocycles. The van der Waals surface area contributed by atoms with Crippen LogP contribution in [0.4, 0.5) is 10.5 Å². The molecule has 28 heavy (non-hydrogen) atoms. The van der Waals surface area contributed by atoms with E-state index in [0.29, 0.717) is 18.3 Å². The molecule has 1 aromatic heterocycles. The van der Waals surface area contributed by atoms with Gasteiger partial charge in [-0.1, -0.05) is 60.5 Å². The largest absolute Gasteiger partial charge is 0.337 e. The van der Waals surface area contributed by atoms with Crippen LogP contribution < -0.4 is 5.32 Å². The van der Waals surface area contributed by atoms with Crippen LogP contribution in [-0.2, 0) is 0 Å². The van der Waals surface area contributed by atoms with Gasteiger partial charge in [-0.15, -0.1) is 0 Å². The molecule has 6 nitrogen and oxygen atoms in total. The Bertz CT molecular complexity index is 938. The topological polar surface area (TPSA) is 71.3 Å². The highest BCUT2D eigenvalue weighted by atomic mass is 16.5. The van der Waals surface area contributed by atoms with E-state index in [1.165, 1.54) is 0 Å². The highest BCUT2D eigenvalue weighted by molar-refractivity contribution is 5.89. The van der Waals surface area contributed by atoms with Gasteiger partial charge in [-0.3, -0.25) is 0 Å². The van der Waals surface area contributed by atoms with E-state index in [-0.39, 0.29) is 12.1 Å². The first kappa shape index (κ1) is 18.2. The summed E-state index contributed by atoms with van der Waals surface area (Å²) in [6.45, 7) is 2.68. The molecule has 2 heterocycles. The lowest BCUT2D eigenvalue weighted by Gasteiger charge is -2.27. The number of nitrogens with one attached hydrogen (secondary N) is 1. The molecular weight excluding hydrogens is 352 g/mol. The van der Waals surface area contributed by atoms with Crippen molar-refractivity contribution in [2.45, 2.75) is 38.6 Å². The maximum Gasteiger partial charge on any atom is 0.322 e.